The summed E-state index contributed by atoms with van der Waals surface area (Å²) in [6.45, 7) is 8.32. The first kappa shape index (κ1) is 25.8. The SMILES string of the molecule is COC(=O)CCC1CCC(N2CCN(c3ccc4c(c3)CCN(C)CC4(C)C)C2=O)CC1.Cl. The Morgan fingerprint density at radius 3 is 2.55 bits per heavy atom. The van der Waals surface area contributed by atoms with Crippen molar-refractivity contribution in [3.8, 4) is 0 Å². The number of carbonyl (C=O) groups excluding carboxylic acids is 2. The monoisotopic (exact) mass is 477 g/mol. The van der Waals surface area contributed by atoms with E-state index in [9.17, 15) is 9.59 Å². The van der Waals surface area contributed by atoms with Gasteiger partial charge in [0.15, 0.2) is 0 Å². The molecule has 1 aromatic rings. The zero-order valence-corrected chi connectivity index (χ0v) is 21.5. The van der Waals surface area contributed by atoms with E-state index in [1.807, 2.05) is 4.90 Å². The number of carbonyl (C=O) groups is 2. The molecule has 4 rings (SSSR count). The van der Waals surface area contributed by atoms with Crippen LogP contribution in [0.3, 0.4) is 0 Å². The van der Waals surface area contributed by atoms with Crippen LogP contribution >= 0.6 is 12.4 Å². The van der Waals surface area contributed by atoms with Crippen molar-refractivity contribution in [2.24, 2.45) is 5.92 Å². The average Bonchev–Trinajstić information content (AvgIpc) is 3.11. The van der Waals surface area contributed by atoms with E-state index in [4.69, 9.17) is 4.74 Å². The molecule has 2 heterocycles. The number of fused-ring (bicyclic) bond motifs is 1. The Morgan fingerprint density at radius 2 is 1.85 bits per heavy atom. The third kappa shape index (κ3) is 5.65. The van der Waals surface area contributed by atoms with E-state index in [2.05, 4.69) is 48.9 Å². The fraction of sp³-hybridized carbons (Fsp3) is 0.692. The number of esters is 1. The van der Waals surface area contributed by atoms with Crippen LogP contribution in [0.25, 0.3) is 0 Å². The third-order valence-corrected chi connectivity index (χ3v) is 7.84. The summed E-state index contributed by atoms with van der Waals surface area (Å²) < 4.78 is 4.77. The van der Waals surface area contributed by atoms with E-state index < -0.39 is 0 Å². The number of rotatable bonds is 5. The Hall–Kier alpha value is -1.79. The van der Waals surface area contributed by atoms with Gasteiger partial charge in [0.1, 0.15) is 0 Å². The molecule has 0 radical (unpaired) electrons. The summed E-state index contributed by atoms with van der Waals surface area (Å²) in [6, 6.07) is 7.16. The smallest absolute Gasteiger partial charge is 0.324 e. The number of nitrogens with zero attached hydrogens (tertiary/aromatic N) is 3. The third-order valence-electron chi connectivity index (χ3n) is 7.84. The number of anilines is 1. The number of benzene rings is 1. The molecular formula is C26H40ClN3O3. The summed E-state index contributed by atoms with van der Waals surface area (Å²) >= 11 is 0. The number of ether oxygens (including phenoxy) is 1. The van der Waals surface area contributed by atoms with E-state index in [1.54, 1.807) is 0 Å². The zero-order chi connectivity index (χ0) is 22.9. The number of hydrogen-bond donors (Lipinski definition) is 0. The first-order valence-electron chi connectivity index (χ1n) is 12.3. The van der Waals surface area contributed by atoms with Gasteiger partial charge in [-0.2, -0.15) is 0 Å². The van der Waals surface area contributed by atoms with Gasteiger partial charge in [-0.25, -0.2) is 4.79 Å². The Labute approximate surface area is 205 Å². The van der Waals surface area contributed by atoms with Gasteiger partial charge in [-0.05, 0) is 74.8 Å². The van der Waals surface area contributed by atoms with E-state index in [1.165, 1.54) is 18.2 Å². The lowest BCUT2D eigenvalue weighted by Gasteiger charge is -2.34. The van der Waals surface area contributed by atoms with Gasteiger partial charge in [-0.1, -0.05) is 19.9 Å². The van der Waals surface area contributed by atoms with Gasteiger partial charge < -0.3 is 14.5 Å². The van der Waals surface area contributed by atoms with Crippen LogP contribution in [-0.4, -0.2) is 68.2 Å². The second-order valence-electron chi connectivity index (χ2n) is 10.6. The standard InChI is InChI=1S/C26H39N3O3.ClH/c1-26(2)18-27(3)14-13-20-17-22(10-11-23(20)26)29-16-15-28(25(29)31)21-8-5-19(6-9-21)7-12-24(30)32-4;/h10-11,17,19,21H,5-9,12-16,18H2,1-4H3;1H. The Balaban J connectivity index is 0.00000306. The van der Waals surface area contributed by atoms with Crippen LogP contribution in [0.1, 0.15) is 63.5 Å². The lowest BCUT2D eigenvalue weighted by atomic mass is 9.81. The summed E-state index contributed by atoms with van der Waals surface area (Å²) in [5.41, 5.74) is 3.96. The highest BCUT2D eigenvalue weighted by Crippen LogP contribution is 2.36. The lowest BCUT2D eigenvalue weighted by Crippen LogP contribution is -2.41. The summed E-state index contributed by atoms with van der Waals surface area (Å²) in [5.74, 6) is 0.457. The number of hydrogen-bond acceptors (Lipinski definition) is 4. The molecule has 0 N–H and O–H groups in total. The Morgan fingerprint density at radius 1 is 1.12 bits per heavy atom. The van der Waals surface area contributed by atoms with Crippen molar-refractivity contribution in [2.75, 3.05) is 45.2 Å². The van der Waals surface area contributed by atoms with Gasteiger partial charge in [0, 0.05) is 49.7 Å². The van der Waals surface area contributed by atoms with Crippen LogP contribution in [-0.2, 0) is 21.4 Å². The predicted molar refractivity (Wildman–Crippen MR) is 134 cm³/mol. The summed E-state index contributed by atoms with van der Waals surface area (Å²) in [5, 5.41) is 0. The number of methoxy groups -OCH3 is 1. The zero-order valence-electron chi connectivity index (χ0n) is 20.6. The summed E-state index contributed by atoms with van der Waals surface area (Å²) in [4.78, 5) is 31.2. The minimum absolute atomic E-state index is 0. The molecule has 0 aromatic heterocycles. The van der Waals surface area contributed by atoms with Crippen molar-refractivity contribution < 1.29 is 14.3 Å². The largest absolute Gasteiger partial charge is 0.469 e. The Kier molecular flexibility index (Phi) is 8.33. The van der Waals surface area contributed by atoms with Gasteiger partial charge in [-0.3, -0.25) is 9.69 Å². The molecule has 3 aliphatic rings. The first-order valence-corrected chi connectivity index (χ1v) is 12.3. The van der Waals surface area contributed by atoms with Crippen molar-refractivity contribution >= 4 is 30.1 Å². The highest BCUT2D eigenvalue weighted by Gasteiger charge is 2.37. The highest BCUT2D eigenvalue weighted by molar-refractivity contribution is 5.94. The number of amides is 2. The van der Waals surface area contributed by atoms with Crippen LogP contribution in [0.4, 0.5) is 10.5 Å². The van der Waals surface area contributed by atoms with Crippen molar-refractivity contribution in [2.45, 2.75) is 70.3 Å². The van der Waals surface area contributed by atoms with Crippen LogP contribution in [0.5, 0.6) is 0 Å². The maximum absolute atomic E-state index is 13.3. The molecule has 1 aromatic carbocycles. The normalized spacial score (nSPS) is 25.3. The summed E-state index contributed by atoms with van der Waals surface area (Å²) in [6.07, 6.45) is 6.70. The molecule has 0 spiro atoms. The van der Waals surface area contributed by atoms with Crippen molar-refractivity contribution in [3.63, 3.8) is 0 Å². The van der Waals surface area contributed by atoms with Crippen LogP contribution in [0.15, 0.2) is 18.2 Å². The fourth-order valence-electron chi connectivity index (χ4n) is 6.07. The molecule has 2 amide bonds. The predicted octanol–water partition coefficient (Wildman–Crippen LogP) is 4.63. The van der Waals surface area contributed by atoms with Crippen LogP contribution in [0.2, 0.25) is 0 Å². The van der Waals surface area contributed by atoms with Gasteiger partial charge in [0.2, 0.25) is 0 Å². The molecular weight excluding hydrogens is 438 g/mol. The van der Waals surface area contributed by atoms with E-state index in [0.29, 0.717) is 18.4 Å². The first-order chi connectivity index (χ1) is 15.3. The minimum Gasteiger partial charge on any atom is -0.469 e. The molecule has 1 saturated heterocycles. The molecule has 33 heavy (non-hydrogen) atoms. The maximum atomic E-state index is 13.3. The topological polar surface area (TPSA) is 53.1 Å². The molecule has 2 aliphatic heterocycles. The van der Waals surface area contributed by atoms with Crippen molar-refractivity contribution in [1.29, 1.82) is 0 Å². The van der Waals surface area contributed by atoms with Crippen molar-refractivity contribution in [1.82, 2.24) is 9.80 Å². The molecule has 0 unspecified atom stereocenters. The van der Waals surface area contributed by atoms with Gasteiger partial charge >= 0.3 is 12.0 Å². The van der Waals surface area contributed by atoms with Gasteiger partial charge in [-0.15, -0.1) is 12.4 Å². The molecule has 184 valence electrons. The molecule has 2 fully saturated rings. The van der Waals surface area contributed by atoms with E-state index in [0.717, 1.165) is 70.4 Å². The summed E-state index contributed by atoms with van der Waals surface area (Å²) in [7, 11) is 3.65. The Bertz CT molecular complexity index is 851. The van der Waals surface area contributed by atoms with Crippen LogP contribution in [0, 0.1) is 5.92 Å². The minimum atomic E-state index is -0.117. The molecule has 6 nitrogen and oxygen atoms in total. The highest BCUT2D eigenvalue weighted by atomic mass is 35.5. The van der Waals surface area contributed by atoms with Gasteiger partial charge in [0.25, 0.3) is 0 Å². The molecule has 1 aliphatic carbocycles. The second kappa shape index (κ2) is 10.6. The second-order valence-corrected chi connectivity index (χ2v) is 10.6. The molecule has 7 heteroatoms. The number of urea groups is 1. The van der Waals surface area contributed by atoms with Gasteiger partial charge in [0.05, 0.1) is 7.11 Å². The molecule has 0 bridgehead atoms. The maximum Gasteiger partial charge on any atom is 0.324 e. The van der Waals surface area contributed by atoms with E-state index >= 15 is 0 Å². The quantitative estimate of drug-likeness (QED) is 0.580. The molecule has 1 saturated carbocycles. The molecule has 0 atom stereocenters. The lowest BCUT2D eigenvalue weighted by molar-refractivity contribution is -0.141. The fourth-order valence-corrected chi connectivity index (χ4v) is 6.07. The average molecular weight is 478 g/mol. The number of likely N-dealkylation sites (N-methyl/N-ethyl adjacent to an activating group) is 1. The van der Waals surface area contributed by atoms with Crippen molar-refractivity contribution in [3.05, 3.63) is 29.3 Å². The van der Waals surface area contributed by atoms with Crippen LogP contribution < -0.4 is 4.90 Å². The number of halogens is 1. The van der Waals surface area contributed by atoms with E-state index in [-0.39, 0.29) is 29.8 Å².